The van der Waals surface area contributed by atoms with Gasteiger partial charge in [-0.15, -0.1) is 11.3 Å². The minimum absolute atomic E-state index is 0.106. The van der Waals surface area contributed by atoms with Crippen LogP contribution >= 0.6 is 11.3 Å². The number of carbonyl (C=O) groups is 1. The van der Waals surface area contributed by atoms with Crippen LogP contribution in [0.4, 0.5) is 0 Å². The largest absolute Gasteiger partial charge is 0.320 e. The molecule has 1 spiro atoms. The summed E-state index contributed by atoms with van der Waals surface area (Å²) in [6.45, 7) is 5.27. The third-order valence-electron chi connectivity index (χ3n) is 4.16. The van der Waals surface area contributed by atoms with Gasteiger partial charge < -0.3 is 4.90 Å². The second-order valence-corrected chi connectivity index (χ2v) is 6.59. The fourth-order valence-corrected chi connectivity index (χ4v) is 3.39. The van der Waals surface area contributed by atoms with Gasteiger partial charge >= 0.3 is 0 Å². The van der Waals surface area contributed by atoms with Crippen LogP contribution < -0.4 is 5.32 Å². The molecular formula is C14H20N2OS. The van der Waals surface area contributed by atoms with Crippen molar-refractivity contribution in [2.75, 3.05) is 6.54 Å². The Hall–Kier alpha value is -0.870. The van der Waals surface area contributed by atoms with Gasteiger partial charge in [0.2, 0.25) is 5.91 Å². The van der Waals surface area contributed by atoms with Crippen molar-refractivity contribution in [2.45, 2.75) is 44.8 Å². The zero-order valence-electron chi connectivity index (χ0n) is 11.0. The maximum absolute atomic E-state index is 12.5. The van der Waals surface area contributed by atoms with Crippen molar-refractivity contribution in [2.24, 2.45) is 5.92 Å². The summed E-state index contributed by atoms with van der Waals surface area (Å²) >= 11 is 1.73. The summed E-state index contributed by atoms with van der Waals surface area (Å²) in [5.74, 6) is 0.883. The lowest BCUT2D eigenvalue weighted by atomic mass is 10.1. The lowest BCUT2D eigenvalue weighted by Gasteiger charge is -2.26. The van der Waals surface area contributed by atoms with Gasteiger partial charge in [-0.05, 0) is 30.2 Å². The minimum Gasteiger partial charge on any atom is -0.320 e. The van der Waals surface area contributed by atoms with Crippen LogP contribution in [-0.2, 0) is 4.79 Å². The van der Waals surface area contributed by atoms with Gasteiger partial charge in [0, 0.05) is 11.4 Å². The highest BCUT2D eigenvalue weighted by atomic mass is 32.1. The standard InChI is InChI=1S/C14H20N2OS/c1-3-10(2)9-16-12(11-5-4-8-18-11)15-14(6-7-14)13(16)17/h4-5,8,10,12,15H,3,6-7,9H2,1-2H3. The molecule has 3 nitrogen and oxygen atoms in total. The number of nitrogens with one attached hydrogen (secondary N) is 1. The zero-order valence-corrected chi connectivity index (χ0v) is 11.8. The molecule has 1 aliphatic heterocycles. The lowest BCUT2D eigenvalue weighted by Crippen LogP contribution is -2.35. The van der Waals surface area contributed by atoms with Gasteiger partial charge in [-0.3, -0.25) is 10.1 Å². The lowest BCUT2D eigenvalue weighted by molar-refractivity contribution is -0.131. The average Bonchev–Trinajstić information content (AvgIpc) is 2.85. The van der Waals surface area contributed by atoms with E-state index in [0.717, 1.165) is 25.8 Å². The third-order valence-corrected chi connectivity index (χ3v) is 5.09. The third kappa shape index (κ3) is 1.88. The summed E-state index contributed by atoms with van der Waals surface area (Å²) < 4.78 is 0. The van der Waals surface area contributed by atoms with Crippen LogP contribution in [0.15, 0.2) is 17.5 Å². The molecule has 2 fully saturated rings. The van der Waals surface area contributed by atoms with Crippen LogP contribution in [0.5, 0.6) is 0 Å². The number of nitrogens with zero attached hydrogens (tertiary/aromatic N) is 1. The van der Waals surface area contributed by atoms with Crippen LogP contribution in [0.2, 0.25) is 0 Å². The molecule has 0 bridgehead atoms. The van der Waals surface area contributed by atoms with E-state index in [1.165, 1.54) is 4.88 Å². The Kier molecular flexibility index (Phi) is 2.94. The monoisotopic (exact) mass is 264 g/mol. The number of hydrogen-bond acceptors (Lipinski definition) is 3. The SMILES string of the molecule is CCC(C)CN1C(=O)C2(CC2)NC1c1cccs1. The molecule has 1 saturated heterocycles. The summed E-state index contributed by atoms with van der Waals surface area (Å²) in [6, 6.07) is 4.19. The second kappa shape index (κ2) is 4.35. The molecule has 1 aromatic rings. The molecule has 2 atom stereocenters. The molecule has 2 heterocycles. The van der Waals surface area contributed by atoms with E-state index in [4.69, 9.17) is 0 Å². The Morgan fingerprint density at radius 3 is 2.94 bits per heavy atom. The first-order valence-corrected chi connectivity index (χ1v) is 7.66. The van der Waals surface area contributed by atoms with Crippen molar-refractivity contribution in [1.29, 1.82) is 0 Å². The van der Waals surface area contributed by atoms with Crippen molar-refractivity contribution < 1.29 is 4.79 Å². The van der Waals surface area contributed by atoms with Crippen molar-refractivity contribution in [3.8, 4) is 0 Å². The van der Waals surface area contributed by atoms with Crippen LogP contribution in [-0.4, -0.2) is 22.9 Å². The second-order valence-electron chi connectivity index (χ2n) is 5.62. The van der Waals surface area contributed by atoms with Gasteiger partial charge in [-0.1, -0.05) is 26.3 Å². The van der Waals surface area contributed by atoms with Gasteiger partial charge in [-0.25, -0.2) is 0 Å². The summed E-state index contributed by atoms with van der Waals surface area (Å²) in [6.07, 6.45) is 3.23. The molecule has 1 amide bonds. The molecule has 2 aliphatic rings. The smallest absolute Gasteiger partial charge is 0.244 e. The number of rotatable bonds is 4. The first-order chi connectivity index (χ1) is 8.66. The van der Waals surface area contributed by atoms with Gasteiger partial charge in [0.25, 0.3) is 0 Å². The van der Waals surface area contributed by atoms with Crippen LogP contribution in [0, 0.1) is 5.92 Å². The molecule has 1 saturated carbocycles. The van der Waals surface area contributed by atoms with Crippen LogP contribution in [0.1, 0.15) is 44.2 Å². The Bertz CT molecular complexity index is 439. The molecule has 4 heteroatoms. The van der Waals surface area contributed by atoms with Crippen molar-refractivity contribution in [3.05, 3.63) is 22.4 Å². The number of thiophene rings is 1. The van der Waals surface area contributed by atoms with E-state index >= 15 is 0 Å². The molecule has 3 rings (SSSR count). The number of hydrogen-bond donors (Lipinski definition) is 1. The van der Waals surface area contributed by atoms with Gasteiger partial charge in [-0.2, -0.15) is 0 Å². The van der Waals surface area contributed by atoms with Crippen molar-refractivity contribution in [3.63, 3.8) is 0 Å². The van der Waals surface area contributed by atoms with E-state index in [-0.39, 0.29) is 11.7 Å². The van der Waals surface area contributed by atoms with Crippen molar-refractivity contribution in [1.82, 2.24) is 10.2 Å². The molecule has 0 radical (unpaired) electrons. The molecule has 1 aromatic heterocycles. The average molecular weight is 264 g/mol. The summed E-state index contributed by atoms with van der Waals surface area (Å²) in [5, 5.41) is 5.64. The zero-order chi connectivity index (χ0) is 12.8. The van der Waals surface area contributed by atoms with Crippen LogP contribution in [0.25, 0.3) is 0 Å². The summed E-state index contributed by atoms with van der Waals surface area (Å²) in [7, 11) is 0. The molecular weight excluding hydrogens is 244 g/mol. The molecule has 18 heavy (non-hydrogen) atoms. The predicted octanol–water partition coefficient (Wildman–Crippen LogP) is 2.76. The molecule has 0 aromatic carbocycles. The topological polar surface area (TPSA) is 32.3 Å². The van der Waals surface area contributed by atoms with E-state index in [9.17, 15) is 4.79 Å². The quantitative estimate of drug-likeness (QED) is 0.907. The molecule has 1 N–H and O–H groups in total. The van der Waals surface area contributed by atoms with E-state index in [0.29, 0.717) is 11.8 Å². The van der Waals surface area contributed by atoms with E-state index in [2.05, 4.69) is 41.6 Å². The van der Waals surface area contributed by atoms with Crippen molar-refractivity contribution >= 4 is 17.2 Å². The fraction of sp³-hybridized carbons (Fsp3) is 0.643. The highest BCUT2D eigenvalue weighted by molar-refractivity contribution is 7.10. The molecule has 2 unspecified atom stereocenters. The van der Waals surface area contributed by atoms with Crippen LogP contribution in [0.3, 0.4) is 0 Å². The molecule has 1 aliphatic carbocycles. The Labute approximate surface area is 112 Å². The summed E-state index contributed by atoms with van der Waals surface area (Å²) in [5.41, 5.74) is -0.206. The fourth-order valence-electron chi connectivity index (χ4n) is 2.60. The van der Waals surface area contributed by atoms with E-state index < -0.39 is 0 Å². The first kappa shape index (κ1) is 12.2. The highest BCUT2D eigenvalue weighted by Crippen LogP contribution is 2.46. The minimum atomic E-state index is -0.206. The first-order valence-electron chi connectivity index (χ1n) is 6.78. The Balaban J connectivity index is 1.84. The summed E-state index contributed by atoms with van der Waals surface area (Å²) in [4.78, 5) is 15.8. The Morgan fingerprint density at radius 1 is 1.61 bits per heavy atom. The molecule has 98 valence electrons. The van der Waals surface area contributed by atoms with E-state index in [1.54, 1.807) is 11.3 Å². The normalized spacial score (nSPS) is 26.9. The van der Waals surface area contributed by atoms with Gasteiger partial charge in [0.15, 0.2) is 0 Å². The van der Waals surface area contributed by atoms with Gasteiger partial charge in [0.1, 0.15) is 11.7 Å². The number of carbonyl (C=O) groups excluding carboxylic acids is 1. The maximum Gasteiger partial charge on any atom is 0.244 e. The number of amides is 1. The van der Waals surface area contributed by atoms with Gasteiger partial charge in [0.05, 0.1) is 0 Å². The Morgan fingerprint density at radius 2 is 2.39 bits per heavy atom. The highest BCUT2D eigenvalue weighted by Gasteiger charge is 2.59. The van der Waals surface area contributed by atoms with E-state index in [1.807, 2.05) is 0 Å². The predicted molar refractivity (Wildman–Crippen MR) is 73.3 cm³/mol. The maximum atomic E-state index is 12.5.